The van der Waals surface area contributed by atoms with Crippen LogP contribution in [0.4, 0.5) is 8.78 Å². The van der Waals surface area contributed by atoms with Gasteiger partial charge in [-0.15, -0.1) is 0 Å². The molecular formula is C10H13F2O7S-. The number of hydrogen-bond acceptors (Lipinski definition) is 7. The van der Waals surface area contributed by atoms with Gasteiger partial charge in [0.2, 0.25) is 0 Å². The second-order valence-electron chi connectivity index (χ2n) is 3.77. The van der Waals surface area contributed by atoms with E-state index in [0.717, 1.165) is 0 Å². The smallest absolute Gasteiger partial charge is 0.367 e. The lowest BCUT2D eigenvalue weighted by Gasteiger charge is -2.19. The zero-order chi connectivity index (χ0) is 16.0. The quantitative estimate of drug-likeness (QED) is 0.279. The van der Waals surface area contributed by atoms with Crippen molar-refractivity contribution in [3.63, 3.8) is 0 Å². The minimum atomic E-state index is -5.88. The Hall–Kier alpha value is -1.55. The van der Waals surface area contributed by atoms with E-state index in [1.807, 2.05) is 0 Å². The van der Waals surface area contributed by atoms with Crippen LogP contribution in [0.25, 0.3) is 0 Å². The Morgan fingerprint density at radius 2 is 1.85 bits per heavy atom. The highest BCUT2D eigenvalue weighted by molar-refractivity contribution is 7.86. The Labute approximate surface area is 114 Å². The Balaban J connectivity index is 3.97. The number of hydrogen-bond donors (Lipinski definition) is 0. The minimum Gasteiger partial charge on any atom is -0.743 e. The number of esters is 2. The van der Waals surface area contributed by atoms with Crippen molar-refractivity contribution in [2.45, 2.75) is 25.0 Å². The summed E-state index contributed by atoms with van der Waals surface area (Å²) in [5.74, 6) is -1.80. The average Bonchev–Trinajstić information content (AvgIpc) is 2.30. The summed E-state index contributed by atoms with van der Waals surface area (Å²) in [4.78, 5) is 21.9. The number of rotatable bonds is 8. The van der Waals surface area contributed by atoms with Crippen molar-refractivity contribution < 1.29 is 40.8 Å². The zero-order valence-corrected chi connectivity index (χ0v) is 11.4. The maximum atomic E-state index is 12.6. The van der Waals surface area contributed by atoms with Crippen molar-refractivity contribution in [2.75, 3.05) is 13.2 Å². The molecule has 0 atom stereocenters. The van der Waals surface area contributed by atoms with Gasteiger partial charge in [-0.2, -0.15) is 8.78 Å². The number of halogens is 2. The van der Waals surface area contributed by atoms with Crippen LogP contribution in [-0.2, 0) is 29.2 Å². The van der Waals surface area contributed by atoms with E-state index >= 15 is 0 Å². The summed E-state index contributed by atoms with van der Waals surface area (Å²) in [6.45, 7) is 2.73. The van der Waals surface area contributed by atoms with E-state index in [4.69, 9.17) is 0 Å². The van der Waals surface area contributed by atoms with E-state index in [2.05, 4.69) is 16.1 Å². The number of carbonyl (C=O) groups excluding carboxylic acids is 2. The standard InChI is InChI=1S/C10H14F2O7S/c1-7(2)9(14)18-5-3-4-8(13)19-6-10(11,12)20(15,16)17/h1,3-6H2,2H3,(H,15,16,17)/p-1. The summed E-state index contributed by atoms with van der Waals surface area (Å²) in [7, 11) is -5.88. The fourth-order valence-electron chi connectivity index (χ4n) is 0.813. The van der Waals surface area contributed by atoms with Crippen LogP contribution in [0.3, 0.4) is 0 Å². The van der Waals surface area contributed by atoms with Crippen LogP contribution >= 0.6 is 0 Å². The monoisotopic (exact) mass is 315 g/mol. The summed E-state index contributed by atoms with van der Waals surface area (Å²) in [5.41, 5.74) is 0.160. The van der Waals surface area contributed by atoms with Gasteiger partial charge in [0.1, 0.15) is 0 Å². The molecule has 0 aromatic heterocycles. The van der Waals surface area contributed by atoms with Crippen molar-refractivity contribution in [2.24, 2.45) is 0 Å². The Bertz CT molecular complexity index is 484. The summed E-state index contributed by atoms with van der Waals surface area (Å²) < 4.78 is 64.1. The molecule has 0 radical (unpaired) electrons. The molecule has 0 amide bonds. The van der Waals surface area contributed by atoms with Crippen molar-refractivity contribution in [3.05, 3.63) is 12.2 Å². The molecule has 0 bridgehead atoms. The summed E-state index contributed by atoms with van der Waals surface area (Å²) >= 11 is 0. The number of ether oxygens (including phenoxy) is 2. The first-order valence-electron chi connectivity index (χ1n) is 5.29. The van der Waals surface area contributed by atoms with Crippen molar-refractivity contribution in [1.29, 1.82) is 0 Å². The molecule has 0 saturated carbocycles. The van der Waals surface area contributed by atoms with Crippen LogP contribution in [0.5, 0.6) is 0 Å². The predicted molar refractivity (Wildman–Crippen MR) is 60.6 cm³/mol. The molecule has 20 heavy (non-hydrogen) atoms. The van der Waals surface area contributed by atoms with Gasteiger partial charge >= 0.3 is 17.2 Å². The minimum absolute atomic E-state index is 0.00640. The predicted octanol–water partition coefficient (Wildman–Crippen LogP) is 0.567. The maximum Gasteiger partial charge on any atom is 0.367 e. The second-order valence-corrected chi connectivity index (χ2v) is 5.28. The summed E-state index contributed by atoms with van der Waals surface area (Å²) in [6.07, 6.45) is -0.383. The lowest BCUT2D eigenvalue weighted by molar-refractivity contribution is -0.151. The van der Waals surface area contributed by atoms with E-state index in [1.165, 1.54) is 6.92 Å². The molecule has 0 saturated heterocycles. The maximum absolute atomic E-state index is 12.6. The molecule has 0 fully saturated rings. The fraction of sp³-hybridized carbons (Fsp3) is 0.600. The van der Waals surface area contributed by atoms with Gasteiger partial charge in [0.25, 0.3) is 0 Å². The van der Waals surface area contributed by atoms with E-state index in [0.29, 0.717) is 0 Å². The molecule has 7 nitrogen and oxygen atoms in total. The van der Waals surface area contributed by atoms with Crippen molar-refractivity contribution >= 4 is 22.1 Å². The van der Waals surface area contributed by atoms with Gasteiger partial charge in [0, 0.05) is 12.0 Å². The largest absolute Gasteiger partial charge is 0.743 e. The highest BCUT2D eigenvalue weighted by Gasteiger charge is 2.39. The topological polar surface area (TPSA) is 110 Å². The Morgan fingerprint density at radius 3 is 2.30 bits per heavy atom. The van der Waals surface area contributed by atoms with Gasteiger partial charge < -0.3 is 14.0 Å². The molecule has 0 heterocycles. The van der Waals surface area contributed by atoms with E-state index in [-0.39, 0.29) is 25.0 Å². The molecule has 116 valence electrons. The molecule has 0 aliphatic rings. The lowest BCUT2D eigenvalue weighted by atomic mass is 10.3. The molecule has 0 spiro atoms. The van der Waals surface area contributed by atoms with E-state index in [9.17, 15) is 31.3 Å². The SMILES string of the molecule is C=C(C)C(=O)OCCCC(=O)OCC(F)(F)S(=O)(=O)[O-]. The normalized spacial score (nSPS) is 11.8. The van der Waals surface area contributed by atoms with Crippen LogP contribution in [0.15, 0.2) is 12.2 Å². The van der Waals surface area contributed by atoms with Gasteiger partial charge in [-0.05, 0) is 13.3 Å². The van der Waals surface area contributed by atoms with Crippen LogP contribution in [0.1, 0.15) is 19.8 Å². The van der Waals surface area contributed by atoms with Crippen LogP contribution in [0, 0.1) is 0 Å². The van der Waals surface area contributed by atoms with E-state index < -0.39 is 33.9 Å². The summed E-state index contributed by atoms with van der Waals surface area (Å²) in [6, 6.07) is 0. The molecular weight excluding hydrogens is 302 g/mol. The molecule has 0 aromatic rings. The van der Waals surface area contributed by atoms with Gasteiger partial charge in [0.15, 0.2) is 16.7 Å². The first kappa shape index (κ1) is 18.4. The van der Waals surface area contributed by atoms with Gasteiger partial charge in [0.05, 0.1) is 6.61 Å². The van der Waals surface area contributed by atoms with Crippen LogP contribution in [-0.4, -0.2) is 43.4 Å². The lowest BCUT2D eigenvalue weighted by Crippen LogP contribution is -2.34. The highest BCUT2D eigenvalue weighted by Crippen LogP contribution is 2.20. The first-order chi connectivity index (χ1) is 8.97. The second kappa shape index (κ2) is 7.29. The van der Waals surface area contributed by atoms with E-state index in [1.54, 1.807) is 0 Å². The third-order valence-electron chi connectivity index (χ3n) is 1.87. The van der Waals surface area contributed by atoms with Crippen LogP contribution < -0.4 is 0 Å². The number of alkyl halides is 2. The molecule has 0 N–H and O–H groups in total. The average molecular weight is 315 g/mol. The molecule has 0 unspecified atom stereocenters. The first-order valence-corrected chi connectivity index (χ1v) is 6.69. The van der Waals surface area contributed by atoms with Gasteiger partial charge in [-0.25, -0.2) is 13.2 Å². The van der Waals surface area contributed by atoms with Crippen molar-refractivity contribution in [3.8, 4) is 0 Å². The van der Waals surface area contributed by atoms with Gasteiger partial charge in [-0.1, -0.05) is 6.58 Å². The molecule has 0 aromatic carbocycles. The third kappa shape index (κ3) is 6.57. The number of carbonyl (C=O) groups is 2. The fourth-order valence-corrected chi connectivity index (χ4v) is 1.02. The molecule has 0 rings (SSSR count). The molecule has 0 aliphatic carbocycles. The van der Waals surface area contributed by atoms with Gasteiger partial charge in [-0.3, -0.25) is 4.79 Å². The Morgan fingerprint density at radius 1 is 1.30 bits per heavy atom. The third-order valence-corrected chi connectivity index (χ3v) is 2.72. The molecule has 10 heteroatoms. The van der Waals surface area contributed by atoms with Crippen LogP contribution in [0.2, 0.25) is 0 Å². The summed E-state index contributed by atoms with van der Waals surface area (Å²) in [5, 5.41) is -4.67. The zero-order valence-electron chi connectivity index (χ0n) is 10.6. The highest BCUT2D eigenvalue weighted by atomic mass is 32.2. The Kier molecular flexibility index (Phi) is 6.73. The molecule has 0 aliphatic heterocycles. The van der Waals surface area contributed by atoms with Crippen molar-refractivity contribution in [1.82, 2.24) is 0 Å².